The van der Waals surface area contributed by atoms with Crippen LogP contribution >= 0.6 is 11.8 Å². The van der Waals surface area contributed by atoms with Crippen LogP contribution in [0.2, 0.25) is 0 Å². The lowest BCUT2D eigenvalue weighted by atomic mass is 10.0. The molecular weight excluding hydrogens is 470 g/mol. The average Bonchev–Trinajstić information content (AvgIpc) is 3.31. The minimum Gasteiger partial charge on any atom is -0.312 e. The number of carbonyl (C=O) groups is 2. The van der Waals surface area contributed by atoms with Crippen molar-refractivity contribution in [2.24, 2.45) is 0 Å². The number of ketones is 1. The van der Waals surface area contributed by atoms with E-state index in [1.807, 2.05) is 68.4 Å². The molecule has 0 fully saturated rings. The summed E-state index contributed by atoms with van der Waals surface area (Å²) in [4.78, 5) is 45.2. The van der Waals surface area contributed by atoms with Crippen molar-refractivity contribution in [2.45, 2.75) is 44.1 Å². The number of hydrogen-bond donors (Lipinski definition) is 0. The Morgan fingerprint density at radius 2 is 1.81 bits per heavy atom. The van der Waals surface area contributed by atoms with Crippen LogP contribution in [-0.2, 0) is 17.8 Å². The molecule has 0 bridgehead atoms. The normalized spacial score (nSPS) is 13.6. The van der Waals surface area contributed by atoms with Crippen LogP contribution in [0.15, 0.2) is 76.7 Å². The van der Waals surface area contributed by atoms with Crippen LogP contribution in [-0.4, -0.2) is 33.0 Å². The zero-order valence-electron chi connectivity index (χ0n) is 20.5. The first kappa shape index (κ1) is 24.0. The largest absolute Gasteiger partial charge is 0.312 e. The molecule has 0 spiro atoms. The van der Waals surface area contributed by atoms with E-state index in [1.165, 1.54) is 11.8 Å². The summed E-state index contributed by atoms with van der Waals surface area (Å²) in [7, 11) is 0. The van der Waals surface area contributed by atoms with Gasteiger partial charge >= 0.3 is 0 Å². The van der Waals surface area contributed by atoms with Crippen LogP contribution < -0.4 is 10.5 Å². The summed E-state index contributed by atoms with van der Waals surface area (Å²) in [6, 6.07) is 20.9. The Hall–Kier alpha value is -3.71. The fourth-order valence-electron chi connectivity index (χ4n) is 4.58. The van der Waals surface area contributed by atoms with Gasteiger partial charge in [-0.25, -0.2) is 4.98 Å². The topological polar surface area (TPSA) is 72.3 Å². The van der Waals surface area contributed by atoms with Crippen molar-refractivity contribution in [3.63, 3.8) is 0 Å². The van der Waals surface area contributed by atoms with Crippen LogP contribution in [0.5, 0.6) is 0 Å². The molecule has 3 aromatic carbocycles. The first-order chi connectivity index (χ1) is 17.3. The zero-order chi connectivity index (χ0) is 25.4. The number of rotatable bonds is 6. The molecule has 4 aromatic rings. The van der Waals surface area contributed by atoms with Gasteiger partial charge in [-0.05, 0) is 61.7 Å². The van der Waals surface area contributed by atoms with Gasteiger partial charge < -0.3 is 4.90 Å². The molecule has 1 aromatic heterocycles. The van der Waals surface area contributed by atoms with Crippen LogP contribution in [0.3, 0.4) is 0 Å². The molecule has 1 atom stereocenters. The van der Waals surface area contributed by atoms with Gasteiger partial charge in [0.15, 0.2) is 10.9 Å². The predicted octanol–water partition coefficient (Wildman–Crippen LogP) is 5.03. The lowest BCUT2D eigenvalue weighted by Crippen LogP contribution is -2.26. The Balaban J connectivity index is 1.47. The van der Waals surface area contributed by atoms with E-state index in [-0.39, 0.29) is 17.2 Å². The summed E-state index contributed by atoms with van der Waals surface area (Å²) < 4.78 is 1.66. The highest BCUT2D eigenvalue weighted by molar-refractivity contribution is 8.00. The van der Waals surface area contributed by atoms with Gasteiger partial charge in [-0.3, -0.25) is 19.0 Å². The predicted molar refractivity (Wildman–Crippen MR) is 144 cm³/mol. The number of anilines is 1. The second-order valence-electron chi connectivity index (χ2n) is 9.18. The number of aryl methyl sites for hydroxylation is 1. The summed E-state index contributed by atoms with van der Waals surface area (Å²) in [5, 5.41) is 0.622. The number of nitrogens with zero attached hydrogens (tertiary/aromatic N) is 3. The van der Waals surface area contributed by atoms with Crippen molar-refractivity contribution in [3.8, 4) is 0 Å². The highest BCUT2D eigenvalue weighted by Gasteiger charge is 2.25. The third-order valence-corrected chi connectivity index (χ3v) is 7.67. The molecule has 0 radical (unpaired) electrons. The summed E-state index contributed by atoms with van der Waals surface area (Å²) in [5.41, 5.74) is 5.13. The molecule has 5 rings (SSSR count). The maximum Gasteiger partial charge on any atom is 0.262 e. The quantitative estimate of drug-likeness (QED) is 0.212. The fourth-order valence-corrected chi connectivity index (χ4v) is 5.57. The summed E-state index contributed by atoms with van der Waals surface area (Å²) in [6.07, 6.45) is 0.736. The number of fused-ring (bicyclic) bond motifs is 2. The van der Waals surface area contributed by atoms with Crippen molar-refractivity contribution in [1.29, 1.82) is 0 Å². The lowest BCUT2D eigenvalue weighted by Gasteiger charge is -2.17. The Morgan fingerprint density at radius 1 is 1.06 bits per heavy atom. The van der Waals surface area contributed by atoms with Gasteiger partial charge in [-0.1, -0.05) is 53.7 Å². The van der Waals surface area contributed by atoms with Gasteiger partial charge in [-0.2, -0.15) is 0 Å². The number of benzene rings is 3. The van der Waals surface area contributed by atoms with E-state index in [2.05, 4.69) is 0 Å². The Morgan fingerprint density at radius 3 is 2.56 bits per heavy atom. The minimum atomic E-state index is -0.453. The van der Waals surface area contributed by atoms with E-state index in [9.17, 15) is 14.4 Å². The highest BCUT2D eigenvalue weighted by atomic mass is 32.2. The van der Waals surface area contributed by atoms with E-state index in [0.717, 1.165) is 28.8 Å². The summed E-state index contributed by atoms with van der Waals surface area (Å²) in [6.45, 7) is 6.44. The van der Waals surface area contributed by atoms with Crippen molar-refractivity contribution in [2.75, 3.05) is 11.4 Å². The standard InChI is InChI=1S/C29H27N3O3S/c1-18-8-10-21(11-9-18)17-32-28(35)24-6-4-5-7-25(24)30-29(32)36-19(2)27(34)23-12-13-26-22(16-23)14-15-31(26)20(3)33/h4-13,16,19H,14-15,17H2,1-3H3. The molecule has 1 aliphatic rings. The maximum absolute atomic E-state index is 13.4. The molecule has 1 aliphatic heterocycles. The van der Waals surface area contributed by atoms with Crippen LogP contribution in [0.25, 0.3) is 10.9 Å². The SMILES string of the molecule is CC(=O)N1CCc2cc(C(=O)C(C)Sc3nc4ccccc4c(=O)n3Cc3ccc(C)cc3)ccc21. The van der Waals surface area contributed by atoms with Gasteiger partial charge in [-0.15, -0.1) is 0 Å². The highest BCUT2D eigenvalue weighted by Crippen LogP contribution is 2.31. The van der Waals surface area contributed by atoms with E-state index in [4.69, 9.17) is 4.98 Å². The van der Waals surface area contributed by atoms with Crippen molar-refractivity contribution < 1.29 is 9.59 Å². The monoisotopic (exact) mass is 497 g/mol. The second kappa shape index (κ2) is 9.74. The van der Waals surface area contributed by atoms with Gasteiger partial charge in [0, 0.05) is 24.7 Å². The Kier molecular flexibility index (Phi) is 6.49. The van der Waals surface area contributed by atoms with Gasteiger partial charge in [0.05, 0.1) is 22.7 Å². The third-order valence-electron chi connectivity index (χ3n) is 6.58. The number of amides is 1. The van der Waals surface area contributed by atoms with Crippen LogP contribution in [0.4, 0.5) is 5.69 Å². The maximum atomic E-state index is 13.4. The minimum absolute atomic E-state index is 0.00526. The number of hydrogen-bond acceptors (Lipinski definition) is 5. The molecule has 0 aliphatic carbocycles. The number of carbonyl (C=O) groups excluding carboxylic acids is 2. The van der Waals surface area contributed by atoms with Gasteiger partial charge in [0.2, 0.25) is 5.91 Å². The van der Waals surface area contributed by atoms with Gasteiger partial charge in [0.1, 0.15) is 0 Å². The molecule has 0 saturated carbocycles. The van der Waals surface area contributed by atoms with Gasteiger partial charge in [0.25, 0.3) is 5.56 Å². The van der Waals surface area contributed by atoms with E-state index in [0.29, 0.717) is 34.7 Å². The van der Waals surface area contributed by atoms with Crippen molar-refractivity contribution in [1.82, 2.24) is 9.55 Å². The Labute approximate surface area is 214 Å². The molecule has 182 valence electrons. The first-order valence-corrected chi connectivity index (χ1v) is 12.9. The number of aromatic nitrogens is 2. The smallest absolute Gasteiger partial charge is 0.262 e. The van der Waals surface area contributed by atoms with Crippen molar-refractivity contribution >= 4 is 40.0 Å². The molecule has 0 N–H and O–H groups in total. The molecule has 6 nitrogen and oxygen atoms in total. The number of thioether (sulfide) groups is 1. The molecular formula is C29H27N3O3S. The summed E-state index contributed by atoms with van der Waals surface area (Å²) >= 11 is 1.30. The van der Waals surface area contributed by atoms with E-state index in [1.54, 1.807) is 28.5 Å². The Bertz CT molecular complexity index is 1540. The number of Topliss-reactive ketones (excluding diaryl/α,β-unsaturated/α-hetero) is 1. The van der Waals surface area contributed by atoms with Crippen molar-refractivity contribution in [3.05, 3.63) is 99.3 Å². The molecule has 7 heteroatoms. The van der Waals surface area contributed by atoms with Crippen LogP contribution in [0, 0.1) is 6.92 Å². The van der Waals surface area contributed by atoms with E-state index >= 15 is 0 Å². The molecule has 1 unspecified atom stereocenters. The second-order valence-corrected chi connectivity index (χ2v) is 10.5. The average molecular weight is 498 g/mol. The molecule has 1 amide bonds. The first-order valence-electron chi connectivity index (χ1n) is 12.0. The third kappa shape index (κ3) is 4.58. The van der Waals surface area contributed by atoms with E-state index < -0.39 is 5.25 Å². The molecule has 0 saturated heterocycles. The lowest BCUT2D eigenvalue weighted by molar-refractivity contribution is -0.116. The fraction of sp³-hybridized carbons (Fsp3) is 0.241. The van der Waals surface area contributed by atoms with Crippen LogP contribution in [0.1, 0.15) is 40.9 Å². The number of para-hydroxylation sites is 1. The molecule has 36 heavy (non-hydrogen) atoms. The summed E-state index contributed by atoms with van der Waals surface area (Å²) in [5.74, 6) is -0.0287. The molecule has 2 heterocycles. The zero-order valence-corrected chi connectivity index (χ0v) is 21.3.